The highest BCUT2D eigenvalue weighted by molar-refractivity contribution is 5.75. The number of rotatable bonds is 7. The lowest BCUT2D eigenvalue weighted by molar-refractivity contribution is -0.121. The van der Waals surface area contributed by atoms with E-state index < -0.39 is 0 Å². The molecule has 4 heteroatoms. The van der Waals surface area contributed by atoms with Crippen molar-refractivity contribution in [3.63, 3.8) is 0 Å². The first-order chi connectivity index (χ1) is 9.75. The van der Waals surface area contributed by atoms with Crippen LogP contribution >= 0.6 is 0 Å². The normalized spacial score (nSPS) is 17.9. The van der Waals surface area contributed by atoms with Crippen molar-refractivity contribution in [2.24, 2.45) is 5.92 Å². The van der Waals surface area contributed by atoms with E-state index in [2.05, 4.69) is 10.6 Å². The van der Waals surface area contributed by atoms with Crippen LogP contribution in [0, 0.1) is 12.8 Å². The van der Waals surface area contributed by atoms with E-state index in [-0.39, 0.29) is 5.91 Å². The number of nitrogens with one attached hydrogen (secondary N) is 2. The zero-order valence-electron chi connectivity index (χ0n) is 12.2. The highest BCUT2D eigenvalue weighted by Crippen LogP contribution is 2.16. The van der Waals surface area contributed by atoms with Gasteiger partial charge in [-0.3, -0.25) is 4.79 Å². The number of para-hydroxylation sites is 1. The molecule has 0 spiro atoms. The number of carbonyl (C=O) groups excluding carboxylic acids is 1. The first kappa shape index (κ1) is 14.9. The Labute approximate surface area is 120 Å². The van der Waals surface area contributed by atoms with E-state index in [0.717, 1.165) is 30.8 Å². The van der Waals surface area contributed by atoms with Gasteiger partial charge in [0.05, 0.1) is 6.54 Å². The fraction of sp³-hybridized carbons (Fsp3) is 0.562. The summed E-state index contributed by atoms with van der Waals surface area (Å²) in [6.45, 7) is 5.25. The third-order valence-corrected chi connectivity index (χ3v) is 3.72. The topological polar surface area (TPSA) is 50.4 Å². The Morgan fingerprint density at radius 2 is 2.30 bits per heavy atom. The lowest BCUT2D eigenvalue weighted by Gasteiger charge is -2.10. The number of amides is 1. The van der Waals surface area contributed by atoms with Crippen molar-refractivity contribution in [3.8, 4) is 5.75 Å². The van der Waals surface area contributed by atoms with Gasteiger partial charge in [-0.25, -0.2) is 0 Å². The summed E-state index contributed by atoms with van der Waals surface area (Å²) in [5.41, 5.74) is 1.12. The summed E-state index contributed by atoms with van der Waals surface area (Å²) in [6, 6.07) is 7.91. The van der Waals surface area contributed by atoms with E-state index in [9.17, 15) is 4.79 Å². The van der Waals surface area contributed by atoms with Crippen molar-refractivity contribution in [2.45, 2.75) is 26.2 Å². The highest BCUT2D eigenvalue weighted by atomic mass is 16.5. The third-order valence-electron chi connectivity index (χ3n) is 3.72. The molecule has 0 aliphatic carbocycles. The van der Waals surface area contributed by atoms with Crippen LogP contribution in [-0.4, -0.2) is 32.1 Å². The second kappa shape index (κ2) is 7.90. The van der Waals surface area contributed by atoms with Gasteiger partial charge in [-0.15, -0.1) is 0 Å². The molecular formula is C16H24N2O2. The molecule has 1 amide bonds. The fourth-order valence-corrected chi connectivity index (χ4v) is 2.45. The summed E-state index contributed by atoms with van der Waals surface area (Å²) < 4.78 is 5.64. The molecule has 1 aromatic carbocycles. The molecule has 0 aromatic heterocycles. The molecule has 1 unspecified atom stereocenters. The average Bonchev–Trinajstić information content (AvgIpc) is 2.96. The van der Waals surface area contributed by atoms with Crippen LogP contribution in [0.3, 0.4) is 0 Å². The third kappa shape index (κ3) is 4.85. The van der Waals surface area contributed by atoms with Crippen molar-refractivity contribution >= 4 is 5.91 Å². The van der Waals surface area contributed by atoms with E-state index in [0.29, 0.717) is 25.5 Å². The van der Waals surface area contributed by atoms with Crippen molar-refractivity contribution in [3.05, 3.63) is 29.8 Å². The van der Waals surface area contributed by atoms with E-state index in [4.69, 9.17) is 4.74 Å². The smallest absolute Gasteiger partial charge is 0.220 e. The molecule has 1 heterocycles. The maximum absolute atomic E-state index is 11.7. The van der Waals surface area contributed by atoms with Crippen LogP contribution in [0.15, 0.2) is 24.3 Å². The van der Waals surface area contributed by atoms with Gasteiger partial charge in [-0.2, -0.15) is 0 Å². The Balaban J connectivity index is 1.56. The number of hydrogen-bond acceptors (Lipinski definition) is 3. The lowest BCUT2D eigenvalue weighted by Crippen LogP contribution is -2.28. The van der Waals surface area contributed by atoms with E-state index in [1.807, 2.05) is 31.2 Å². The van der Waals surface area contributed by atoms with Crippen LogP contribution in [0.2, 0.25) is 0 Å². The highest BCUT2D eigenvalue weighted by Gasteiger charge is 2.15. The van der Waals surface area contributed by atoms with Gasteiger partial charge in [0, 0.05) is 6.42 Å². The molecule has 2 N–H and O–H groups in total. The van der Waals surface area contributed by atoms with Gasteiger partial charge in [0.15, 0.2) is 0 Å². The molecule has 4 nitrogen and oxygen atoms in total. The number of ether oxygens (including phenoxy) is 1. The largest absolute Gasteiger partial charge is 0.491 e. The minimum atomic E-state index is 0.130. The summed E-state index contributed by atoms with van der Waals surface area (Å²) in [4.78, 5) is 11.7. The summed E-state index contributed by atoms with van der Waals surface area (Å²) in [5.74, 6) is 1.69. The quantitative estimate of drug-likeness (QED) is 0.748. The molecule has 20 heavy (non-hydrogen) atoms. The zero-order chi connectivity index (χ0) is 14.2. The molecule has 1 aliphatic rings. The minimum absolute atomic E-state index is 0.130. The second-order valence-electron chi connectivity index (χ2n) is 5.36. The molecule has 1 fully saturated rings. The molecule has 1 saturated heterocycles. The molecule has 1 aromatic rings. The Morgan fingerprint density at radius 1 is 1.45 bits per heavy atom. The summed E-state index contributed by atoms with van der Waals surface area (Å²) in [6.07, 6.45) is 2.80. The first-order valence-corrected chi connectivity index (χ1v) is 7.41. The van der Waals surface area contributed by atoms with E-state index >= 15 is 0 Å². The van der Waals surface area contributed by atoms with Gasteiger partial charge in [-0.1, -0.05) is 18.2 Å². The van der Waals surface area contributed by atoms with Crippen molar-refractivity contribution < 1.29 is 9.53 Å². The number of benzene rings is 1. The monoisotopic (exact) mass is 276 g/mol. The summed E-state index contributed by atoms with van der Waals surface area (Å²) in [5, 5.41) is 6.23. The van der Waals surface area contributed by atoms with Gasteiger partial charge in [0.1, 0.15) is 12.4 Å². The van der Waals surface area contributed by atoms with Crippen molar-refractivity contribution in [1.82, 2.24) is 10.6 Å². The molecule has 1 aliphatic heterocycles. The number of hydrogen-bond donors (Lipinski definition) is 2. The lowest BCUT2D eigenvalue weighted by atomic mass is 10.0. The van der Waals surface area contributed by atoms with E-state index in [1.54, 1.807) is 0 Å². The summed E-state index contributed by atoms with van der Waals surface area (Å²) >= 11 is 0. The van der Waals surface area contributed by atoms with Crippen LogP contribution in [0.4, 0.5) is 0 Å². The second-order valence-corrected chi connectivity index (χ2v) is 5.36. The average molecular weight is 276 g/mol. The van der Waals surface area contributed by atoms with Gasteiger partial charge < -0.3 is 15.4 Å². The van der Waals surface area contributed by atoms with Gasteiger partial charge in [0.25, 0.3) is 0 Å². The predicted molar refractivity (Wildman–Crippen MR) is 79.9 cm³/mol. The van der Waals surface area contributed by atoms with Crippen LogP contribution in [-0.2, 0) is 4.79 Å². The zero-order valence-corrected chi connectivity index (χ0v) is 12.2. The maximum atomic E-state index is 11.7. The van der Waals surface area contributed by atoms with Gasteiger partial charge in [0.2, 0.25) is 5.91 Å². The van der Waals surface area contributed by atoms with Crippen molar-refractivity contribution in [1.29, 1.82) is 0 Å². The molecule has 1 atom stereocenters. The molecule has 0 radical (unpaired) electrons. The van der Waals surface area contributed by atoms with Crippen LogP contribution in [0.5, 0.6) is 5.75 Å². The van der Waals surface area contributed by atoms with Crippen molar-refractivity contribution in [2.75, 3.05) is 26.2 Å². The van der Waals surface area contributed by atoms with Crippen LogP contribution in [0.25, 0.3) is 0 Å². The fourth-order valence-electron chi connectivity index (χ4n) is 2.45. The SMILES string of the molecule is Cc1ccccc1OCCNC(=O)CCC1CCNC1. The molecular weight excluding hydrogens is 252 g/mol. The van der Waals surface area contributed by atoms with Gasteiger partial charge >= 0.3 is 0 Å². The Hall–Kier alpha value is -1.55. The summed E-state index contributed by atoms with van der Waals surface area (Å²) in [7, 11) is 0. The molecule has 2 rings (SSSR count). The van der Waals surface area contributed by atoms with Crippen LogP contribution in [0.1, 0.15) is 24.8 Å². The number of carbonyl (C=O) groups is 1. The van der Waals surface area contributed by atoms with E-state index in [1.165, 1.54) is 6.42 Å². The standard InChI is InChI=1S/C16H24N2O2/c1-13-4-2-3-5-15(13)20-11-10-18-16(19)7-6-14-8-9-17-12-14/h2-5,14,17H,6-12H2,1H3,(H,18,19). The molecule has 0 saturated carbocycles. The predicted octanol–water partition coefficient (Wildman–Crippen LogP) is 1.88. The number of aryl methyl sites for hydroxylation is 1. The maximum Gasteiger partial charge on any atom is 0.220 e. The van der Waals surface area contributed by atoms with Crippen LogP contribution < -0.4 is 15.4 Å². The first-order valence-electron chi connectivity index (χ1n) is 7.41. The molecule has 0 bridgehead atoms. The Morgan fingerprint density at radius 3 is 3.05 bits per heavy atom. The molecule has 110 valence electrons. The minimum Gasteiger partial charge on any atom is -0.491 e. The Kier molecular flexibility index (Phi) is 5.87. The van der Waals surface area contributed by atoms with Gasteiger partial charge in [-0.05, 0) is 50.4 Å². The Bertz CT molecular complexity index is 428.